The van der Waals surface area contributed by atoms with Crippen LogP contribution in [-0.2, 0) is 10.3 Å². The number of aliphatic hydroxyl groups is 1. The fourth-order valence-corrected chi connectivity index (χ4v) is 3.31. The summed E-state index contributed by atoms with van der Waals surface area (Å²) in [7, 11) is 0. The standard InChI is InChI=1S/C16H21F3N2O2/c1-14(22,16(17,18)19)12-8-13(10-20-9-12)21-5-2-15(3-6-21)4-7-23-11-15/h8-10,22H,2-7,11H2,1H3/t14-/m0/s1. The van der Waals surface area contributed by atoms with Crippen LogP contribution in [0.4, 0.5) is 18.9 Å². The van der Waals surface area contributed by atoms with Crippen LogP contribution in [0.15, 0.2) is 18.5 Å². The Morgan fingerprint density at radius 2 is 1.91 bits per heavy atom. The molecular weight excluding hydrogens is 309 g/mol. The van der Waals surface area contributed by atoms with Gasteiger partial charge in [0.1, 0.15) is 0 Å². The Balaban J connectivity index is 1.76. The third-order valence-electron chi connectivity index (χ3n) is 5.21. The van der Waals surface area contributed by atoms with Crippen LogP contribution in [0.3, 0.4) is 0 Å². The zero-order chi connectivity index (χ0) is 16.7. The topological polar surface area (TPSA) is 45.6 Å². The van der Waals surface area contributed by atoms with E-state index >= 15 is 0 Å². The van der Waals surface area contributed by atoms with Gasteiger partial charge in [0.2, 0.25) is 0 Å². The van der Waals surface area contributed by atoms with Crippen molar-refractivity contribution in [3.63, 3.8) is 0 Å². The Hall–Kier alpha value is -1.34. The molecular formula is C16H21F3N2O2. The zero-order valence-electron chi connectivity index (χ0n) is 13.1. The summed E-state index contributed by atoms with van der Waals surface area (Å²) in [6, 6.07) is 1.39. The van der Waals surface area contributed by atoms with E-state index in [0.29, 0.717) is 5.69 Å². The molecule has 1 aromatic rings. The second-order valence-electron chi connectivity index (χ2n) is 6.79. The lowest BCUT2D eigenvalue weighted by atomic mass is 9.78. The minimum atomic E-state index is -4.74. The van der Waals surface area contributed by atoms with E-state index < -0.39 is 11.8 Å². The maximum atomic E-state index is 13.0. The molecule has 0 aliphatic carbocycles. The largest absolute Gasteiger partial charge is 0.421 e. The maximum Gasteiger partial charge on any atom is 0.421 e. The van der Waals surface area contributed by atoms with E-state index in [0.717, 1.165) is 58.7 Å². The average Bonchev–Trinajstić information content (AvgIpc) is 2.95. The molecule has 1 N–H and O–H groups in total. The van der Waals surface area contributed by atoms with Gasteiger partial charge in [-0.2, -0.15) is 13.2 Å². The van der Waals surface area contributed by atoms with Crippen LogP contribution in [0.25, 0.3) is 0 Å². The summed E-state index contributed by atoms with van der Waals surface area (Å²) in [4.78, 5) is 5.94. The molecule has 128 valence electrons. The number of halogens is 3. The van der Waals surface area contributed by atoms with E-state index in [9.17, 15) is 18.3 Å². The third kappa shape index (κ3) is 3.04. The molecule has 1 spiro atoms. The molecule has 0 bridgehead atoms. The number of rotatable bonds is 2. The van der Waals surface area contributed by atoms with Crippen molar-refractivity contribution in [1.29, 1.82) is 0 Å². The number of piperidine rings is 1. The van der Waals surface area contributed by atoms with E-state index in [4.69, 9.17) is 4.74 Å². The predicted octanol–water partition coefficient (Wildman–Crippen LogP) is 2.86. The lowest BCUT2D eigenvalue weighted by molar-refractivity contribution is -0.259. The van der Waals surface area contributed by atoms with Crippen LogP contribution < -0.4 is 4.90 Å². The number of hydrogen-bond donors (Lipinski definition) is 1. The number of nitrogens with zero attached hydrogens (tertiary/aromatic N) is 2. The number of anilines is 1. The number of aromatic nitrogens is 1. The van der Waals surface area contributed by atoms with E-state index in [1.54, 1.807) is 6.20 Å². The normalized spacial score (nSPS) is 24.0. The Morgan fingerprint density at radius 3 is 2.48 bits per heavy atom. The molecule has 2 aliphatic heterocycles. The first-order chi connectivity index (χ1) is 10.7. The van der Waals surface area contributed by atoms with Gasteiger partial charge in [0.15, 0.2) is 5.60 Å². The molecule has 2 saturated heterocycles. The molecule has 1 atom stereocenters. The molecule has 0 radical (unpaired) electrons. The average molecular weight is 330 g/mol. The van der Waals surface area contributed by atoms with Crippen molar-refractivity contribution in [3.05, 3.63) is 24.0 Å². The van der Waals surface area contributed by atoms with Gasteiger partial charge in [0, 0.05) is 31.5 Å². The molecule has 2 fully saturated rings. The number of alkyl halides is 3. The van der Waals surface area contributed by atoms with Gasteiger partial charge in [-0.15, -0.1) is 0 Å². The SMILES string of the molecule is C[C@](O)(c1cncc(N2CCC3(CCOC3)CC2)c1)C(F)(F)F. The van der Waals surface area contributed by atoms with Gasteiger partial charge < -0.3 is 14.7 Å². The van der Waals surface area contributed by atoms with Gasteiger partial charge in [-0.25, -0.2) is 0 Å². The summed E-state index contributed by atoms with van der Waals surface area (Å²) in [6.45, 7) is 3.87. The summed E-state index contributed by atoms with van der Waals surface area (Å²) >= 11 is 0. The molecule has 1 aromatic heterocycles. The monoisotopic (exact) mass is 330 g/mol. The molecule has 23 heavy (non-hydrogen) atoms. The van der Waals surface area contributed by atoms with Crippen molar-refractivity contribution in [3.8, 4) is 0 Å². The van der Waals surface area contributed by atoms with Gasteiger partial charge in [0.05, 0.1) is 18.5 Å². The summed E-state index contributed by atoms with van der Waals surface area (Å²) < 4.78 is 44.5. The Labute approximate surface area is 133 Å². The number of hydrogen-bond acceptors (Lipinski definition) is 4. The third-order valence-corrected chi connectivity index (χ3v) is 5.21. The van der Waals surface area contributed by atoms with E-state index in [1.807, 2.05) is 4.90 Å². The van der Waals surface area contributed by atoms with Crippen molar-refractivity contribution in [2.24, 2.45) is 5.41 Å². The summed E-state index contributed by atoms with van der Waals surface area (Å²) in [5, 5.41) is 9.81. The van der Waals surface area contributed by atoms with Gasteiger partial charge in [-0.05, 0) is 37.7 Å². The Morgan fingerprint density at radius 1 is 1.22 bits per heavy atom. The highest BCUT2D eigenvalue weighted by Gasteiger charge is 2.51. The van der Waals surface area contributed by atoms with Crippen LogP contribution in [0.5, 0.6) is 0 Å². The molecule has 7 heteroatoms. The van der Waals surface area contributed by atoms with Crippen LogP contribution in [0, 0.1) is 5.41 Å². The van der Waals surface area contributed by atoms with Gasteiger partial charge in [0.25, 0.3) is 0 Å². The fourth-order valence-electron chi connectivity index (χ4n) is 3.31. The van der Waals surface area contributed by atoms with Crippen molar-refractivity contribution in [2.75, 3.05) is 31.2 Å². The van der Waals surface area contributed by atoms with Crippen LogP contribution >= 0.6 is 0 Å². The molecule has 2 aliphatic rings. The quantitative estimate of drug-likeness (QED) is 0.906. The molecule has 0 saturated carbocycles. The fraction of sp³-hybridized carbons (Fsp3) is 0.688. The number of pyridine rings is 1. The van der Waals surface area contributed by atoms with Crippen molar-refractivity contribution < 1.29 is 23.0 Å². The molecule has 4 nitrogen and oxygen atoms in total. The van der Waals surface area contributed by atoms with Crippen LogP contribution in [0.1, 0.15) is 31.7 Å². The zero-order valence-corrected chi connectivity index (χ0v) is 13.1. The minimum Gasteiger partial charge on any atom is -0.381 e. The smallest absolute Gasteiger partial charge is 0.381 e. The Bertz CT molecular complexity index is 559. The van der Waals surface area contributed by atoms with E-state index in [1.165, 1.54) is 6.07 Å². The molecule has 3 rings (SSSR count). The maximum absolute atomic E-state index is 13.0. The molecule has 0 aromatic carbocycles. The van der Waals surface area contributed by atoms with Crippen molar-refractivity contribution >= 4 is 5.69 Å². The first-order valence-electron chi connectivity index (χ1n) is 7.81. The Kier molecular flexibility index (Phi) is 4.04. The second-order valence-corrected chi connectivity index (χ2v) is 6.79. The first kappa shape index (κ1) is 16.5. The highest BCUT2D eigenvalue weighted by atomic mass is 19.4. The van der Waals surface area contributed by atoms with Gasteiger partial charge >= 0.3 is 6.18 Å². The summed E-state index contributed by atoms with van der Waals surface area (Å²) in [5.41, 5.74) is -2.27. The molecule has 3 heterocycles. The van der Waals surface area contributed by atoms with Gasteiger partial charge in [-0.1, -0.05) is 0 Å². The lowest BCUT2D eigenvalue weighted by Gasteiger charge is -2.39. The summed E-state index contributed by atoms with van der Waals surface area (Å²) in [6.07, 6.45) is 0.883. The van der Waals surface area contributed by atoms with E-state index in [2.05, 4.69) is 4.98 Å². The first-order valence-corrected chi connectivity index (χ1v) is 7.81. The predicted molar refractivity (Wildman–Crippen MR) is 79.2 cm³/mol. The minimum absolute atomic E-state index is 0.230. The summed E-state index contributed by atoms with van der Waals surface area (Å²) in [5.74, 6) is 0. The van der Waals surface area contributed by atoms with Crippen molar-refractivity contribution in [1.82, 2.24) is 4.98 Å². The van der Waals surface area contributed by atoms with Gasteiger partial charge in [-0.3, -0.25) is 4.98 Å². The highest BCUT2D eigenvalue weighted by Crippen LogP contribution is 2.42. The van der Waals surface area contributed by atoms with Crippen molar-refractivity contribution in [2.45, 2.75) is 38.0 Å². The van der Waals surface area contributed by atoms with Crippen LogP contribution in [0.2, 0.25) is 0 Å². The lowest BCUT2D eigenvalue weighted by Crippen LogP contribution is -2.41. The van der Waals surface area contributed by atoms with Crippen LogP contribution in [-0.4, -0.2) is 42.6 Å². The highest BCUT2D eigenvalue weighted by molar-refractivity contribution is 5.48. The number of ether oxygens (including phenoxy) is 1. The molecule has 0 amide bonds. The second kappa shape index (κ2) is 5.63. The molecule has 0 unspecified atom stereocenters. The van der Waals surface area contributed by atoms with E-state index in [-0.39, 0.29) is 11.0 Å².